The highest BCUT2D eigenvalue weighted by atomic mass is 19.1. The van der Waals surface area contributed by atoms with E-state index in [-0.39, 0.29) is 17.2 Å². The van der Waals surface area contributed by atoms with Gasteiger partial charge in [0.05, 0.1) is 18.8 Å². The van der Waals surface area contributed by atoms with E-state index in [0.717, 1.165) is 0 Å². The van der Waals surface area contributed by atoms with Gasteiger partial charge in [-0.3, -0.25) is 0 Å². The van der Waals surface area contributed by atoms with Crippen LogP contribution >= 0.6 is 0 Å². The Morgan fingerprint density at radius 2 is 1.84 bits per heavy atom. The van der Waals surface area contributed by atoms with Crippen LogP contribution in [0.15, 0.2) is 42.6 Å². The summed E-state index contributed by atoms with van der Waals surface area (Å²) in [7, 11) is 1.67. The molecule has 2 aromatic rings. The predicted octanol–water partition coefficient (Wildman–Crippen LogP) is 2.84. The minimum atomic E-state index is -0.483. The van der Waals surface area contributed by atoms with Crippen LogP contribution in [0.2, 0.25) is 0 Å². The van der Waals surface area contributed by atoms with Crippen LogP contribution in [-0.2, 0) is 4.74 Å². The molecule has 1 saturated heterocycles. The summed E-state index contributed by atoms with van der Waals surface area (Å²) in [5.41, 5.74) is 1.03. The average Bonchev–Trinajstić information content (AvgIpc) is 2.59. The average molecular weight is 340 g/mol. The largest absolute Gasteiger partial charge is 0.416 e. The Kier molecular flexibility index (Phi) is 4.68. The zero-order valence-corrected chi connectivity index (χ0v) is 14.0. The third kappa shape index (κ3) is 3.95. The molecule has 3 rings (SSSR count). The molecule has 25 heavy (non-hydrogen) atoms. The Balaban J connectivity index is 1.62. The minimum absolute atomic E-state index is 0.202. The molecule has 2 heterocycles. The molecule has 5 nitrogen and oxygen atoms in total. The zero-order chi connectivity index (χ0) is 17.9. The number of nitrogens with zero attached hydrogens (tertiary/aromatic N) is 2. The van der Waals surface area contributed by atoms with Crippen molar-refractivity contribution in [2.45, 2.75) is 12.5 Å². The van der Waals surface area contributed by atoms with Crippen LogP contribution in [0.1, 0.15) is 18.1 Å². The molecule has 0 bridgehead atoms. The number of halogens is 1. The lowest BCUT2D eigenvalue weighted by Gasteiger charge is -2.44. The van der Waals surface area contributed by atoms with Crippen molar-refractivity contribution < 1.29 is 18.7 Å². The van der Waals surface area contributed by atoms with Crippen molar-refractivity contribution in [1.29, 1.82) is 0 Å². The van der Waals surface area contributed by atoms with Crippen molar-refractivity contribution in [3.8, 4) is 17.7 Å². The maximum absolute atomic E-state index is 12.8. The molecule has 1 amide bonds. The SMILES string of the molecule is CN(C(=O)Oc1ccc(C#Cc2ccc(F)cc2)cn1)C1(C)COC1. The second-order valence-corrected chi connectivity index (χ2v) is 6.06. The maximum Gasteiger partial charge on any atom is 0.416 e. The molecule has 1 aliphatic heterocycles. The van der Waals surface area contributed by atoms with E-state index < -0.39 is 6.09 Å². The topological polar surface area (TPSA) is 51.7 Å². The molecule has 1 aliphatic rings. The smallest absolute Gasteiger partial charge is 0.391 e. The molecule has 6 heteroatoms. The summed E-state index contributed by atoms with van der Waals surface area (Å²) >= 11 is 0. The molecule has 128 valence electrons. The number of rotatable bonds is 2. The van der Waals surface area contributed by atoms with Crippen molar-refractivity contribution in [1.82, 2.24) is 9.88 Å². The Morgan fingerprint density at radius 1 is 1.20 bits per heavy atom. The third-order valence-electron chi connectivity index (χ3n) is 4.03. The van der Waals surface area contributed by atoms with Gasteiger partial charge in [0.1, 0.15) is 5.82 Å². The van der Waals surface area contributed by atoms with Crippen molar-refractivity contribution >= 4 is 6.09 Å². The fraction of sp³-hybridized carbons (Fsp3) is 0.263. The first-order valence-electron chi connectivity index (χ1n) is 7.73. The van der Waals surface area contributed by atoms with E-state index >= 15 is 0 Å². The lowest BCUT2D eigenvalue weighted by molar-refractivity contribution is -0.110. The van der Waals surface area contributed by atoms with E-state index in [9.17, 15) is 9.18 Å². The molecule has 1 fully saturated rings. The lowest BCUT2D eigenvalue weighted by Crippen LogP contribution is -2.61. The molecule has 1 aromatic heterocycles. The van der Waals surface area contributed by atoms with Crippen molar-refractivity contribution in [2.75, 3.05) is 20.3 Å². The number of hydrogen-bond donors (Lipinski definition) is 0. The Labute approximate surface area is 145 Å². The van der Waals surface area contributed by atoms with Gasteiger partial charge in [-0.25, -0.2) is 14.2 Å². The van der Waals surface area contributed by atoms with Gasteiger partial charge in [-0.15, -0.1) is 0 Å². The number of carbonyl (C=O) groups excluding carboxylic acids is 1. The summed E-state index contributed by atoms with van der Waals surface area (Å²) in [5, 5.41) is 0. The first-order valence-corrected chi connectivity index (χ1v) is 7.73. The van der Waals surface area contributed by atoms with Crippen LogP contribution in [-0.4, -0.2) is 41.8 Å². The highest BCUT2D eigenvalue weighted by Gasteiger charge is 2.41. The van der Waals surface area contributed by atoms with E-state index in [0.29, 0.717) is 24.3 Å². The summed E-state index contributed by atoms with van der Waals surface area (Å²) in [5.74, 6) is 5.74. The first kappa shape index (κ1) is 16.9. The summed E-state index contributed by atoms with van der Waals surface area (Å²) in [6.07, 6.45) is 1.04. The number of ether oxygens (including phenoxy) is 2. The number of likely N-dealkylation sites (N-methyl/N-ethyl adjacent to an activating group) is 1. The second-order valence-electron chi connectivity index (χ2n) is 6.06. The van der Waals surface area contributed by atoms with E-state index in [1.165, 1.54) is 23.2 Å². The molecule has 0 N–H and O–H groups in total. The van der Waals surface area contributed by atoms with Crippen LogP contribution < -0.4 is 4.74 Å². The Bertz CT molecular complexity index is 818. The van der Waals surface area contributed by atoms with Gasteiger partial charge < -0.3 is 14.4 Å². The second kappa shape index (κ2) is 6.91. The molecule has 0 radical (unpaired) electrons. The summed E-state index contributed by atoms with van der Waals surface area (Å²) < 4.78 is 23.2. The van der Waals surface area contributed by atoms with Gasteiger partial charge in [-0.2, -0.15) is 0 Å². The van der Waals surface area contributed by atoms with Crippen LogP contribution in [0.5, 0.6) is 5.88 Å². The van der Waals surface area contributed by atoms with Gasteiger partial charge in [-0.05, 0) is 37.3 Å². The standard InChI is InChI=1S/C19H17FN2O3/c1-19(12-24-13-19)22(2)18(23)25-17-10-7-15(11-21-17)4-3-14-5-8-16(20)9-6-14/h5-11H,12-13H2,1-2H3. The monoisotopic (exact) mass is 340 g/mol. The van der Waals surface area contributed by atoms with Crippen LogP contribution in [0, 0.1) is 17.7 Å². The number of pyridine rings is 1. The Morgan fingerprint density at radius 3 is 2.40 bits per heavy atom. The molecule has 0 spiro atoms. The number of benzene rings is 1. The number of hydrogen-bond acceptors (Lipinski definition) is 4. The highest BCUT2D eigenvalue weighted by Crippen LogP contribution is 2.23. The molecule has 1 aromatic carbocycles. The quantitative estimate of drug-likeness (QED) is 0.789. The van der Waals surface area contributed by atoms with Gasteiger partial charge >= 0.3 is 6.09 Å². The highest BCUT2D eigenvalue weighted by molar-refractivity contribution is 5.71. The van der Waals surface area contributed by atoms with Gasteiger partial charge in [0.15, 0.2) is 0 Å². The first-order chi connectivity index (χ1) is 12.0. The van der Waals surface area contributed by atoms with E-state index in [2.05, 4.69) is 16.8 Å². The molecule has 0 aliphatic carbocycles. The number of aromatic nitrogens is 1. The van der Waals surface area contributed by atoms with Gasteiger partial charge in [0.25, 0.3) is 0 Å². The van der Waals surface area contributed by atoms with Gasteiger partial charge in [0.2, 0.25) is 5.88 Å². The van der Waals surface area contributed by atoms with E-state index in [4.69, 9.17) is 9.47 Å². The fourth-order valence-electron chi connectivity index (χ4n) is 2.16. The van der Waals surface area contributed by atoms with Crippen molar-refractivity contribution in [3.05, 3.63) is 59.5 Å². The summed E-state index contributed by atoms with van der Waals surface area (Å²) in [4.78, 5) is 17.7. The fourth-order valence-corrected chi connectivity index (χ4v) is 2.16. The van der Waals surface area contributed by atoms with Crippen LogP contribution in [0.3, 0.4) is 0 Å². The molecular formula is C19H17FN2O3. The molecule has 0 atom stereocenters. The predicted molar refractivity (Wildman–Crippen MR) is 89.6 cm³/mol. The van der Waals surface area contributed by atoms with Crippen LogP contribution in [0.4, 0.5) is 9.18 Å². The normalized spacial score (nSPS) is 14.7. The number of amides is 1. The number of carbonyl (C=O) groups is 1. The molecule has 0 unspecified atom stereocenters. The minimum Gasteiger partial charge on any atom is -0.391 e. The summed E-state index contributed by atoms with van der Waals surface area (Å²) in [6, 6.07) is 9.21. The van der Waals surface area contributed by atoms with E-state index in [1.807, 2.05) is 6.92 Å². The third-order valence-corrected chi connectivity index (χ3v) is 4.03. The van der Waals surface area contributed by atoms with E-state index in [1.54, 1.807) is 31.3 Å². The maximum atomic E-state index is 12.8. The lowest BCUT2D eigenvalue weighted by atomic mass is 9.99. The molecular weight excluding hydrogens is 323 g/mol. The van der Waals surface area contributed by atoms with Gasteiger partial charge in [-0.1, -0.05) is 11.8 Å². The Hall–Kier alpha value is -2.91. The van der Waals surface area contributed by atoms with Crippen molar-refractivity contribution in [2.24, 2.45) is 0 Å². The molecule has 0 saturated carbocycles. The van der Waals surface area contributed by atoms with Crippen molar-refractivity contribution in [3.63, 3.8) is 0 Å². The zero-order valence-electron chi connectivity index (χ0n) is 14.0. The van der Waals surface area contributed by atoms with Crippen LogP contribution in [0.25, 0.3) is 0 Å². The summed E-state index contributed by atoms with van der Waals surface area (Å²) in [6.45, 7) is 2.91. The van der Waals surface area contributed by atoms with Gasteiger partial charge in [0, 0.05) is 30.4 Å².